The van der Waals surface area contributed by atoms with Gasteiger partial charge in [0.05, 0.1) is 38.6 Å². The average molecular weight is 641 g/mol. The molecule has 6 unspecified atom stereocenters. The van der Waals surface area contributed by atoms with Crippen LogP contribution in [0.1, 0.15) is 62.3 Å². The molecule has 0 aromatic rings. The van der Waals surface area contributed by atoms with E-state index in [-0.39, 0.29) is 6.61 Å². The van der Waals surface area contributed by atoms with Gasteiger partial charge in [-0.3, -0.25) is 0 Å². The van der Waals surface area contributed by atoms with E-state index in [1.54, 1.807) is 0 Å². The minimum atomic E-state index is -2.36. The van der Waals surface area contributed by atoms with Crippen molar-refractivity contribution in [3.63, 3.8) is 0 Å². The lowest BCUT2D eigenvalue weighted by molar-refractivity contribution is -0.472. The summed E-state index contributed by atoms with van der Waals surface area (Å²) in [6, 6.07) is 0. The minimum Gasteiger partial charge on any atom is -0.393 e. The van der Waals surface area contributed by atoms with Crippen LogP contribution in [0.2, 0.25) is 0 Å². The summed E-state index contributed by atoms with van der Waals surface area (Å²) in [5.74, 6) is -5.55. The van der Waals surface area contributed by atoms with Crippen LogP contribution in [0.25, 0.3) is 0 Å². The fourth-order valence-corrected chi connectivity index (χ4v) is 8.15. The standard InChI is InChI=1S/C29H52O15/c1-21(11-30)15-10-39-14-24(4)16(33)26(6,37)19(22(2,12-31)42-24)40-29(9)18(35)27(7,38)20(23(3,13-32)44-29)41-28(8,43-21)17(34)25(15,5)36/h15-20,30-38H,10-14H2,1-9H3/t15-,16?,17?,18?,19+,20+,21?,22?,23?,24-,25-,26+,27+,28+,29+/m1/s1. The van der Waals surface area contributed by atoms with Crippen molar-refractivity contribution < 1.29 is 74.4 Å². The van der Waals surface area contributed by atoms with Gasteiger partial charge >= 0.3 is 0 Å². The van der Waals surface area contributed by atoms with Crippen LogP contribution in [-0.4, -0.2) is 160 Å². The molecule has 15 nitrogen and oxygen atoms in total. The van der Waals surface area contributed by atoms with Gasteiger partial charge in [0.1, 0.15) is 64.1 Å². The maximum atomic E-state index is 11.9. The molecule has 9 saturated heterocycles. The third-order valence-corrected chi connectivity index (χ3v) is 10.5. The number of aliphatic hydroxyl groups excluding tert-OH is 6. The maximum absolute atomic E-state index is 11.9. The van der Waals surface area contributed by atoms with Gasteiger partial charge < -0.3 is 74.4 Å². The summed E-state index contributed by atoms with van der Waals surface area (Å²) in [5.41, 5.74) is -13.7. The molecule has 258 valence electrons. The molecule has 9 aliphatic rings. The van der Waals surface area contributed by atoms with E-state index in [0.29, 0.717) is 0 Å². The zero-order valence-electron chi connectivity index (χ0n) is 27.0. The number of rotatable bonds is 3. The molecule has 0 spiro atoms. The Labute approximate surface area is 257 Å². The Morgan fingerprint density at radius 2 is 0.932 bits per heavy atom. The summed E-state index contributed by atoms with van der Waals surface area (Å²) in [4.78, 5) is 0. The first-order valence-electron chi connectivity index (χ1n) is 14.9. The molecule has 0 aromatic heterocycles. The van der Waals surface area contributed by atoms with E-state index >= 15 is 0 Å². The molecule has 9 fully saturated rings. The van der Waals surface area contributed by atoms with E-state index < -0.39 is 114 Å². The van der Waals surface area contributed by atoms with E-state index in [2.05, 4.69) is 0 Å². The highest BCUT2D eigenvalue weighted by Crippen LogP contribution is 2.53. The normalized spacial score (nSPS) is 60.4. The van der Waals surface area contributed by atoms with Gasteiger partial charge in [0.2, 0.25) is 0 Å². The number of hydrogen-bond donors (Lipinski definition) is 9. The lowest BCUT2D eigenvalue weighted by Crippen LogP contribution is -2.81. The lowest BCUT2D eigenvalue weighted by Gasteiger charge is -2.63. The molecule has 15 atom stereocenters. The summed E-state index contributed by atoms with van der Waals surface area (Å²) >= 11 is 0. The van der Waals surface area contributed by atoms with Gasteiger partial charge in [-0.1, -0.05) is 0 Å². The van der Waals surface area contributed by atoms with Crippen LogP contribution in [0, 0.1) is 5.92 Å². The van der Waals surface area contributed by atoms with Crippen molar-refractivity contribution in [3.05, 3.63) is 0 Å². The molecule has 15 heteroatoms. The van der Waals surface area contributed by atoms with Crippen LogP contribution in [0.4, 0.5) is 0 Å². The Kier molecular flexibility index (Phi) is 8.82. The Hall–Kier alpha value is -0.600. The fraction of sp³-hybridized carbons (Fsp3) is 1.00. The monoisotopic (exact) mass is 640 g/mol. The van der Waals surface area contributed by atoms with Crippen LogP contribution < -0.4 is 0 Å². The third kappa shape index (κ3) is 5.07. The van der Waals surface area contributed by atoms with E-state index in [1.807, 2.05) is 0 Å². The van der Waals surface area contributed by atoms with Crippen molar-refractivity contribution in [2.45, 2.75) is 144 Å². The van der Waals surface area contributed by atoms with Crippen LogP contribution in [0.15, 0.2) is 0 Å². The second-order valence-electron chi connectivity index (χ2n) is 15.0. The van der Waals surface area contributed by atoms with Gasteiger partial charge in [-0.15, -0.1) is 0 Å². The Bertz CT molecular complexity index is 1070. The molecule has 0 saturated carbocycles. The largest absolute Gasteiger partial charge is 0.393 e. The highest BCUT2D eigenvalue weighted by Gasteiger charge is 2.72. The van der Waals surface area contributed by atoms with Crippen LogP contribution in [0.5, 0.6) is 0 Å². The number of aliphatic hydroxyl groups is 9. The van der Waals surface area contributed by atoms with Gasteiger partial charge in [0.25, 0.3) is 0 Å². The molecule has 44 heavy (non-hydrogen) atoms. The number of ether oxygens (including phenoxy) is 6. The fourth-order valence-electron chi connectivity index (χ4n) is 8.15. The molecule has 9 rings (SSSR count). The zero-order valence-corrected chi connectivity index (χ0v) is 27.0. The van der Waals surface area contributed by atoms with Gasteiger partial charge in [0.15, 0.2) is 11.6 Å². The average Bonchev–Trinajstić information content (AvgIpc) is 2.92. The SMILES string of the molecule is CC1(CO)O[C@]2(C)O[C@H]3C(C)(CO)O[C@](C)(O[C@H]4C(C)(CO)O[C@](C)(COC[C@H]1[C@@](C)(O)C2O)C(O)[C@]4(C)O)C(O)[C@]3(C)O. The van der Waals surface area contributed by atoms with E-state index in [0.717, 1.165) is 0 Å². The van der Waals surface area contributed by atoms with E-state index in [4.69, 9.17) is 28.4 Å². The highest BCUT2D eigenvalue weighted by atomic mass is 16.8. The second-order valence-corrected chi connectivity index (χ2v) is 15.0. The molecule has 9 aliphatic heterocycles. The van der Waals surface area contributed by atoms with Gasteiger partial charge in [0, 0.05) is 5.92 Å². The topological polar surface area (TPSA) is 237 Å². The third-order valence-electron chi connectivity index (χ3n) is 10.5. The predicted octanol–water partition coefficient (Wildman–Crippen LogP) is -2.73. The lowest BCUT2D eigenvalue weighted by atomic mass is 9.69. The van der Waals surface area contributed by atoms with Crippen molar-refractivity contribution in [3.8, 4) is 0 Å². The van der Waals surface area contributed by atoms with Crippen LogP contribution in [-0.2, 0) is 28.4 Å². The van der Waals surface area contributed by atoms with Crippen molar-refractivity contribution in [1.82, 2.24) is 0 Å². The highest BCUT2D eigenvalue weighted by molar-refractivity contribution is 5.17. The van der Waals surface area contributed by atoms with Gasteiger partial charge in [-0.05, 0) is 62.3 Å². The van der Waals surface area contributed by atoms with Crippen molar-refractivity contribution in [1.29, 1.82) is 0 Å². The second kappa shape index (κ2) is 10.7. The molecule has 9 N–H and O–H groups in total. The summed E-state index contributed by atoms with van der Waals surface area (Å²) in [6.07, 6.45) is -8.90. The van der Waals surface area contributed by atoms with Crippen LogP contribution in [0.3, 0.4) is 0 Å². The smallest absolute Gasteiger partial charge is 0.195 e. The molecule has 6 bridgehead atoms. The zero-order chi connectivity index (χ0) is 33.7. The summed E-state index contributed by atoms with van der Waals surface area (Å²) in [5, 5.41) is 102. The first-order valence-corrected chi connectivity index (χ1v) is 14.9. The number of hydrogen-bond acceptors (Lipinski definition) is 15. The molecular weight excluding hydrogens is 588 g/mol. The van der Waals surface area contributed by atoms with Gasteiger partial charge in [-0.25, -0.2) is 0 Å². The molecule has 0 amide bonds. The summed E-state index contributed by atoms with van der Waals surface area (Å²) < 4.78 is 37.0. The molecule has 0 aromatic carbocycles. The van der Waals surface area contributed by atoms with Gasteiger partial charge in [-0.2, -0.15) is 0 Å². The molecule has 9 heterocycles. The van der Waals surface area contributed by atoms with Crippen molar-refractivity contribution in [2.24, 2.45) is 5.92 Å². The van der Waals surface area contributed by atoms with Crippen molar-refractivity contribution in [2.75, 3.05) is 33.0 Å². The van der Waals surface area contributed by atoms with E-state index in [1.165, 1.54) is 62.3 Å². The van der Waals surface area contributed by atoms with E-state index in [9.17, 15) is 46.0 Å². The molecule has 0 radical (unpaired) electrons. The molecule has 0 aliphatic carbocycles. The minimum absolute atomic E-state index is 0.351. The predicted molar refractivity (Wildman–Crippen MR) is 149 cm³/mol. The Morgan fingerprint density at radius 3 is 1.39 bits per heavy atom. The maximum Gasteiger partial charge on any atom is 0.195 e. The summed E-state index contributed by atoms with van der Waals surface area (Å²) in [6.45, 7) is 8.88. The first-order chi connectivity index (χ1) is 19.8. The van der Waals surface area contributed by atoms with Crippen LogP contribution >= 0.6 is 0 Å². The molecular formula is C29H52O15. The summed E-state index contributed by atoms with van der Waals surface area (Å²) in [7, 11) is 0. The van der Waals surface area contributed by atoms with Crippen molar-refractivity contribution >= 4 is 0 Å². The Balaban J connectivity index is 1.98. The Morgan fingerprint density at radius 1 is 0.545 bits per heavy atom. The first kappa shape index (κ1) is 36.2. The quantitative estimate of drug-likeness (QED) is 0.152.